The largest absolute Gasteiger partial charge is 0.389 e. The van der Waals surface area contributed by atoms with Gasteiger partial charge in [0.05, 0.1) is 5.60 Å². The molecule has 19 heavy (non-hydrogen) atoms. The van der Waals surface area contributed by atoms with E-state index in [0.717, 1.165) is 37.2 Å². The molecule has 1 aliphatic rings. The van der Waals surface area contributed by atoms with E-state index in [2.05, 4.69) is 17.2 Å². The Labute approximate surface area is 114 Å². The van der Waals surface area contributed by atoms with Crippen LogP contribution in [0.15, 0.2) is 18.3 Å². The van der Waals surface area contributed by atoms with Crippen molar-refractivity contribution in [3.63, 3.8) is 0 Å². The highest BCUT2D eigenvalue weighted by Gasteiger charge is 2.31. The van der Waals surface area contributed by atoms with Crippen molar-refractivity contribution in [2.45, 2.75) is 44.8 Å². The van der Waals surface area contributed by atoms with Gasteiger partial charge in [-0.15, -0.1) is 0 Å². The zero-order chi connectivity index (χ0) is 13.7. The minimum Gasteiger partial charge on any atom is -0.389 e. The summed E-state index contributed by atoms with van der Waals surface area (Å²) in [4.78, 5) is 3.94. The Morgan fingerprint density at radius 2 is 2.26 bits per heavy atom. The molecule has 0 aliphatic heterocycles. The van der Waals surface area contributed by atoms with E-state index in [9.17, 15) is 5.11 Å². The zero-order valence-corrected chi connectivity index (χ0v) is 11.4. The van der Waals surface area contributed by atoms with Crippen molar-refractivity contribution in [2.75, 3.05) is 6.54 Å². The molecule has 1 fully saturated rings. The maximum absolute atomic E-state index is 10.4. The van der Waals surface area contributed by atoms with Crippen LogP contribution in [0.1, 0.15) is 43.9 Å². The third-order valence-electron chi connectivity index (χ3n) is 3.93. The molecular formula is C15H21N3O. The normalized spacial score (nSPS) is 26.9. The molecular weight excluding hydrogens is 238 g/mol. The molecule has 1 saturated carbocycles. The first-order valence-electron chi connectivity index (χ1n) is 6.89. The molecule has 1 heterocycles. The highest BCUT2D eigenvalue weighted by atomic mass is 16.3. The fourth-order valence-corrected chi connectivity index (χ4v) is 2.56. The van der Waals surface area contributed by atoms with Crippen LogP contribution in [0.25, 0.3) is 0 Å². The standard InChI is InChI=1S/C15H21N3O/c1-12-2-5-15(19,6-3-12)11-17-10-13-4-7-18-14(8-13)9-16/h4,7-8,12,17,19H,2-3,5-6,10-11H2,1H3. The van der Waals surface area contributed by atoms with Crippen molar-refractivity contribution >= 4 is 0 Å². The summed E-state index contributed by atoms with van der Waals surface area (Å²) in [5.41, 5.74) is 0.904. The van der Waals surface area contributed by atoms with Crippen LogP contribution in [-0.4, -0.2) is 22.2 Å². The number of aromatic nitrogens is 1. The summed E-state index contributed by atoms with van der Waals surface area (Å²) in [6.45, 7) is 3.52. The van der Waals surface area contributed by atoms with Gasteiger partial charge in [-0.1, -0.05) is 6.92 Å². The SMILES string of the molecule is CC1CCC(O)(CNCc2ccnc(C#N)c2)CC1. The lowest BCUT2D eigenvalue weighted by atomic mass is 9.79. The van der Waals surface area contributed by atoms with Crippen LogP contribution in [-0.2, 0) is 6.54 Å². The van der Waals surface area contributed by atoms with Crippen LogP contribution in [0.3, 0.4) is 0 Å². The minimum absolute atomic E-state index is 0.435. The monoisotopic (exact) mass is 259 g/mol. The Balaban J connectivity index is 1.81. The second-order valence-corrected chi connectivity index (χ2v) is 5.67. The van der Waals surface area contributed by atoms with Gasteiger partial charge in [0.1, 0.15) is 11.8 Å². The Morgan fingerprint density at radius 3 is 2.95 bits per heavy atom. The summed E-state index contributed by atoms with van der Waals surface area (Å²) in [5, 5.41) is 22.5. The number of nitriles is 1. The van der Waals surface area contributed by atoms with E-state index in [0.29, 0.717) is 18.8 Å². The molecule has 1 aromatic rings. The van der Waals surface area contributed by atoms with E-state index in [1.54, 1.807) is 12.3 Å². The molecule has 0 saturated heterocycles. The summed E-state index contributed by atoms with van der Waals surface area (Å²) in [7, 11) is 0. The Hall–Kier alpha value is -1.44. The second kappa shape index (κ2) is 6.14. The average Bonchev–Trinajstić information content (AvgIpc) is 2.43. The van der Waals surface area contributed by atoms with Crippen LogP contribution in [0.4, 0.5) is 0 Å². The molecule has 0 amide bonds. The van der Waals surface area contributed by atoms with Gasteiger partial charge in [-0.25, -0.2) is 4.98 Å². The number of hydrogen-bond donors (Lipinski definition) is 2. The molecule has 0 spiro atoms. The Morgan fingerprint density at radius 1 is 1.53 bits per heavy atom. The van der Waals surface area contributed by atoms with E-state index in [4.69, 9.17) is 5.26 Å². The predicted octanol–water partition coefficient (Wildman–Crippen LogP) is 1.98. The van der Waals surface area contributed by atoms with E-state index < -0.39 is 5.60 Å². The van der Waals surface area contributed by atoms with Gasteiger partial charge in [-0.05, 0) is 49.3 Å². The van der Waals surface area contributed by atoms with Gasteiger partial charge in [0.15, 0.2) is 0 Å². The molecule has 0 aromatic carbocycles. The summed E-state index contributed by atoms with van der Waals surface area (Å²) in [5.74, 6) is 0.735. The molecule has 1 aliphatic carbocycles. The van der Waals surface area contributed by atoms with Gasteiger partial charge < -0.3 is 10.4 Å². The van der Waals surface area contributed by atoms with E-state index >= 15 is 0 Å². The summed E-state index contributed by atoms with van der Waals surface area (Å²) >= 11 is 0. The third kappa shape index (κ3) is 4.02. The number of hydrogen-bond acceptors (Lipinski definition) is 4. The second-order valence-electron chi connectivity index (χ2n) is 5.67. The molecule has 0 atom stereocenters. The molecule has 4 heteroatoms. The first-order chi connectivity index (χ1) is 9.11. The highest BCUT2D eigenvalue weighted by molar-refractivity contribution is 5.25. The quantitative estimate of drug-likeness (QED) is 0.867. The topological polar surface area (TPSA) is 68.9 Å². The van der Waals surface area contributed by atoms with Gasteiger partial charge in [0.25, 0.3) is 0 Å². The van der Waals surface area contributed by atoms with Crippen molar-refractivity contribution in [3.05, 3.63) is 29.6 Å². The average molecular weight is 259 g/mol. The highest BCUT2D eigenvalue weighted by Crippen LogP contribution is 2.31. The maximum Gasteiger partial charge on any atom is 0.140 e. The molecule has 102 valence electrons. The summed E-state index contributed by atoms with van der Waals surface area (Å²) in [6.07, 6.45) is 5.60. The van der Waals surface area contributed by atoms with Crippen LogP contribution in [0, 0.1) is 17.2 Å². The smallest absolute Gasteiger partial charge is 0.140 e. The van der Waals surface area contributed by atoms with Gasteiger partial charge in [0, 0.05) is 19.3 Å². The van der Waals surface area contributed by atoms with Crippen molar-refractivity contribution < 1.29 is 5.11 Å². The molecule has 0 radical (unpaired) electrons. The summed E-state index contributed by atoms with van der Waals surface area (Å²) in [6, 6.07) is 5.70. The summed E-state index contributed by atoms with van der Waals surface area (Å²) < 4.78 is 0. The molecule has 0 unspecified atom stereocenters. The van der Waals surface area contributed by atoms with Crippen LogP contribution >= 0.6 is 0 Å². The number of aliphatic hydroxyl groups is 1. The van der Waals surface area contributed by atoms with E-state index in [-0.39, 0.29) is 0 Å². The zero-order valence-electron chi connectivity index (χ0n) is 11.4. The van der Waals surface area contributed by atoms with Crippen molar-refractivity contribution in [2.24, 2.45) is 5.92 Å². The molecule has 1 aromatic heterocycles. The lowest BCUT2D eigenvalue weighted by molar-refractivity contribution is -0.00630. The van der Waals surface area contributed by atoms with Crippen molar-refractivity contribution in [1.29, 1.82) is 5.26 Å². The van der Waals surface area contributed by atoms with Crippen molar-refractivity contribution in [1.82, 2.24) is 10.3 Å². The number of pyridine rings is 1. The Kier molecular flexibility index (Phi) is 4.52. The minimum atomic E-state index is -0.558. The van der Waals surface area contributed by atoms with E-state index in [1.807, 2.05) is 12.1 Å². The molecule has 4 nitrogen and oxygen atoms in total. The maximum atomic E-state index is 10.4. The first kappa shape index (κ1) is 14.0. The van der Waals surface area contributed by atoms with Crippen LogP contribution in [0.2, 0.25) is 0 Å². The molecule has 2 N–H and O–H groups in total. The van der Waals surface area contributed by atoms with E-state index in [1.165, 1.54) is 0 Å². The lowest BCUT2D eigenvalue weighted by Crippen LogP contribution is -2.43. The van der Waals surface area contributed by atoms with Gasteiger partial charge in [-0.2, -0.15) is 5.26 Å². The van der Waals surface area contributed by atoms with Gasteiger partial charge >= 0.3 is 0 Å². The van der Waals surface area contributed by atoms with Gasteiger partial charge in [0.2, 0.25) is 0 Å². The first-order valence-corrected chi connectivity index (χ1v) is 6.89. The number of nitrogens with zero attached hydrogens (tertiary/aromatic N) is 2. The van der Waals surface area contributed by atoms with Crippen LogP contribution in [0.5, 0.6) is 0 Å². The van der Waals surface area contributed by atoms with Crippen LogP contribution < -0.4 is 5.32 Å². The van der Waals surface area contributed by atoms with Crippen molar-refractivity contribution in [3.8, 4) is 6.07 Å². The fourth-order valence-electron chi connectivity index (χ4n) is 2.56. The van der Waals surface area contributed by atoms with Gasteiger partial charge in [-0.3, -0.25) is 0 Å². The lowest BCUT2D eigenvalue weighted by Gasteiger charge is -2.35. The molecule has 2 rings (SSSR count). The number of nitrogens with one attached hydrogen (secondary N) is 1. The number of rotatable bonds is 4. The molecule has 0 bridgehead atoms. The Bertz CT molecular complexity index is 459. The predicted molar refractivity (Wildman–Crippen MR) is 73.2 cm³/mol. The fraction of sp³-hybridized carbons (Fsp3) is 0.600. The third-order valence-corrected chi connectivity index (χ3v) is 3.93.